The molecule has 1 aliphatic rings. The molecule has 1 N–H and O–H groups in total. The molecule has 0 saturated carbocycles. The van der Waals surface area contributed by atoms with Crippen LogP contribution in [0.4, 0.5) is 0 Å². The molecule has 132 valence electrons. The molecule has 4 rings (SSSR count). The second-order valence-electron chi connectivity index (χ2n) is 6.20. The summed E-state index contributed by atoms with van der Waals surface area (Å²) < 4.78 is 10.7. The van der Waals surface area contributed by atoms with E-state index < -0.39 is 0 Å². The minimum absolute atomic E-state index is 0.211. The van der Waals surface area contributed by atoms with E-state index in [4.69, 9.17) is 9.26 Å². The number of H-pyrrole nitrogens is 1. The average molecular weight is 349 g/mol. The zero-order chi connectivity index (χ0) is 17.9. The van der Waals surface area contributed by atoms with Gasteiger partial charge < -0.3 is 14.2 Å². The van der Waals surface area contributed by atoms with E-state index in [1.807, 2.05) is 18.2 Å². The lowest BCUT2D eigenvalue weighted by atomic mass is 10.1. The van der Waals surface area contributed by atoms with Crippen LogP contribution >= 0.6 is 0 Å². The van der Waals surface area contributed by atoms with E-state index in [1.54, 1.807) is 12.1 Å². The highest BCUT2D eigenvalue weighted by Crippen LogP contribution is 2.19. The molecule has 6 heteroatoms. The predicted octanol–water partition coefficient (Wildman–Crippen LogP) is 3.23. The monoisotopic (exact) mass is 349 g/mol. The van der Waals surface area contributed by atoms with Gasteiger partial charge in [-0.3, -0.25) is 4.79 Å². The highest BCUT2D eigenvalue weighted by molar-refractivity contribution is 5.67. The van der Waals surface area contributed by atoms with E-state index in [1.165, 1.54) is 5.56 Å². The summed E-state index contributed by atoms with van der Waals surface area (Å²) in [5.41, 5.74) is 4.40. The molecule has 6 nitrogen and oxygen atoms in total. The molecule has 0 saturated heterocycles. The van der Waals surface area contributed by atoms with Crippen LogP contribution in [0.5, 0.6) is 0 Å². The van der Waals surface area contributed by atoms with Gasteiger partial charge in [-0.25, -0.2) is 0 Å². The number of pyridine rings is 1. The van der Waals surface area contributed by atoms with Crippen molar-refractivity contribution in [2.45, 2.75) is 26.4 Å². The number of fused-ring (bicyclic) bond motifs is 1. The molecular weight excluding hydrogens is 330 g/mol. The Labute approximate surface area is 150 Å². The standard InChI is InChI=1S/C20H19N3O3/c1-2-13-3-5-14(6-4-13)7-8-18-22-19(23-26-18)16-11-15-12-25-10-9-17(15)21-20(16)24/h3-8,11H,2,9-10,12H2,1H3,(H,21,24)/b8-7+. The third-order valence-electron chi connectivity index (χ3n) is 4.46. The normalized spacial score (nSPS) is 13.9. The van der Waals surface area contributed by atoms with Gasteiger partial charge in [0.1, 0.15) is 0 Å². The number of hydrogen-bond donors (Lipinski definition) is 1. The van der Waals surface area contributed by atoms with Crippen molar-refractivity contribution in [3.05, 3.63) is 69.0 Å². The van der Waals surface area contributed by atoms with Crippen molar-refractivity contribution in [1.82, 2.24) is 15.1 Å². The Balaban J connectivity index is 1.58. The first-order valence-corrected chi connectivity index (χ1v) is 8.67. The van der Waals surface area contributed by atoms with E-state index in [0.29, 0.717) is 31.1 Å². The fourth-order valence-corrected chi connectivity index (χ4v) is 2.93. The first-order chi connectivity index (χ1) is 12.7. The van der Waals surface area contributed by atoms with Crippen molar-refractivity contribution in [2.75, 3.05) is 6.61 Å². The van der Waals surface area contributed by atoms with E-state index >= 15 is 0 Å². The fourth-order valence-electron chi connectivity index (χ4n) is 2.93. The minimum atomic E-state index is -0.211. The van der Waals surface area contributed by atoms with Crippen LogP contribution < -0.4 is 5.56 Å². The fraction of sp³-hybridized carbons (Fsp3) is 0.250. The molecule has 0 unspecified atom stereocenters. The summed E-state index contributed by atoms with van der Waals surface area (Å²) in [7, 11) is 0. The highest BCUT2D eigenvalue weighted by Gasteiger charge is 2.17. The number of rotatable bonds is 4. The molecule has 0 bridgehead atoms. The van der Waals surface area contributed by atoms with Crippen molar-refractivity contribution in [3.8, 4) is 11.4 Å². The Hall–Kier alpha value is -2.99. The minimum Gasteiger partial charge on any atom is -0.376 e. The lowest BCUT2D eigenvalue weighted by Crippen LogP contribution is -2.19. The third kappa shape index (κ3) is 3.36. The number of nitrogens with zero attached hydrogens (tertiary/aromatic N) is 2. The molecule has 3 aromatic rings. The van der Waals surface area contributed by atoms with Gasteiger partial charge in [0.05, 0.1) is 18.8 Å². The molecule has 2 aromatic heterocycles. The summed E-state index contributed by atoms with van der Waals surface area (Å²) in [6.45, 7) is 3.23. The number of ether oxygens (including phenoxy) is 1. The van der Waals surface area contributed by atoms with Crippen LogP contribution in [0.2, 0.25) is 0 Å². The number of hydrogen-bond acceptors (Lipinski definition) is 5. The van der Waals surface area contributed by atoms with Crippen LogP contribution in [0.3, 0.4) is 0 Å². The highest BCUT2D eigenvalue weighted by atomic mass is 16.5. The number of aromatic nitrogens is 3. The quantitative estimate of drug-likeness (QED) is 0.782. The van der Waals surface area contributed by atoms with E-state index in [2.05, 4.69) is 34.2 Å². The Kier molecular flexibility index (Phi) is 4.50. The van der Waals surface area contributed by atoms with Crippen LogP contribution in [-0.4, -0.2) is 21.7 Å². The van der Waals surface area contributed by atoms with Crippen molar-refractivity contribution < 1.29 is 9.26 Å². The maximum atomic E-state index is 12.3. The van der Waals surface area contributed by atoms with Crippen LogP contribution in [0.25, 0.3) is 23.5 Å². The summed E-state index contributed by atoms with van der Waals surface area (Å²) in [4.78, 5) is 19.5. The van der Waals surface area contributed by atoms with Crippen molar-refractivity contribution in [2.24, 2.45) is 0 Å². The van der Waals surface area contributed by atoms with Crippen LogP contribution in [-0.2, 0) is 24.2 Å². The second-order valence-corrected chi connectivity index (χ2v) is 6.20. The molecular formula is C20H19N3O3. The zero-order valence-electron chi connectivity index (χ0n) is 14.5. The number of aromatic amines is 1. The first-order valence-electron chi connectivity index (χ1n) is 8.67. The van der Waals surface area contributed by atoms with E-state index in [-0.39, 0.29) is 11.4 Å². The Bertz CT molecular complexity index is 1000. The Morgan fingerprint density at radius 1 is 1.23 bits per heavy atom. The van der Waals surface area contributed by atoms with Gasteiger partial charge in [-0.05, 0) is 35.3 Å². The summed E-state index contributed by atoms with van der Waals surface area (Å²) in [6, 6.07) is 10.1. The molecule has 0 fully saturated rings. The summed E-state index contributed by atoms with van der Waals surface area (Å²) in [5, 5.41) is 3.94. The summed E-state index contributed by atoms with van der Waals surface area (Å²) in [5.74, 6) is 0.633. The molecule has 26 heavy (non-hydrogen) atoms. The first kappa shape index (κ1) is 16.5. The third-order valence-corrected chi connectivity index (χ3v) is 4.46. The van der Waals surface area contributed by atoms with Gasteiger partial charge >= 0.3 is 0 Å². The number of aryl methyl sites for hydroxylation is 1. The lowest BCUT2D eigenvalue weighted by Gasteiger charge is -2.15. The Morgan fingerprint density at radius 3 is 2.88 bits per heavy atom. The summed E-state index contributed by atoms with van der Waals surface area (Å²) in [6.07, 6.45) is 5.37. The summed E-state index contributed by atoms with van der Waals surface area (Å²) >= 11 is 0. The van der Waals surface area contributed by atoms with Gasteiger partial charge in [0.2, 0.25) is 5.82 Å². The van der Waals surface area contributed by atoms with Crippen LogP contribution in [0.1, 0.15) is 35.2 Å². The van der Waals surface area contributed by atoms with Crippen molar-refractivity contribution >= 4 is 12.2 Å². The molecule has 3 heterocycles. The van der Waals surface area contributed by atoms with Crippen LogP contribution in [0, 0.1) is 0 Å². The smallest absolute Gasteiger partial charge is 0.259 e. The largest absolute Gasteiger partial charge is 0.376 e. The van der Waals surface area contributed by atoms with Gasteiger partial charge in [-0.15, -0.1) is 0 Å². The van der Waals surface area contributed by atoms with E-state index in [9.17, 15) is 4.79 Å². The maximum absolute atomic E-state index is 12.3. The lowest BCUT2D eigenvalue weighted by molar-refractivity contribution is 0.109. The topological polar surface area (TPSA) is 81.0 Å². The number of nitrogens with one attached hydrogen (secondary N) is 1. The molecule has 0 radical (unpaired) electrons. The maximum Gasteiger partial charge on any atom is 0.259 e. The molecule has 0 aliphatic carbocycles. The van der Waals surface area contributed by atoms with E-state index in [0.717, 1.165) is 23.2 Å². The molecule has 0 atom stereocenters. The van der Waals surface area contributed by atoms with Gasteiger partial charge in [-0.2, -0.15) is 4.98 Å². The average Bonchev–Trinajstić information content (AvgIpc) is 3.15. The van der Waals surface area contributed by atoms with Gasteiger partial charge in [0, 0.05) is 18.2 Å². The SMILES string of the molecule is CCc1ccc(/C=C/c2nc(-c3cc4c([nH]c3=O)CCOC4)no2)cc1. The molecule has 1 aliphatic heterocycles. The zero-order valence-corrected chi connectivity index (χ0v) is 14.5. The Morgan fingerprint density at radius 2 is 2.08 bits per heavy atom. The van der Waals surface area contributed by atoms with Crippen molar-refractivity contribution in [3.63, 3.8) is 0 Å². The molecule has 0 amide bonds. The molecule has 1 aromatic carbocycles. The molecule has 0 spiro atoms. The predicted molar refractivity (Wildman–Crippen MR) is 98.5 cm³/mol. The van der Waals surface area contributed by atoms with Gasteiger partial charge in [0.25, 0.3) is 11.4 Å². The van der Waals surface area contributed by atoms with Crippen molar-refractivity contribution in [1.29, 1.82) is 0 Å². The van der Waals surface area contributed by atoms with Gasteiger partial charge in [0.15, 0.2) is 0 Å². The number of benzene rings is 1. The van der Waals surface area contributed by atoms with Gasteiger partial charge in [-0.1, -0.05) is 36.3 Å². The van der Waals surface area contributed by atoms with Crippen LogP contribution in [0.15, 0.2) is 39.6 Å². The second kappa shape index (κ2) is 7.09.